The molecule has 2 rings (SSSR count). The second kappa shape index (κ2) is 4.46. The maximum Gasteiger partial charge on any atom is 0.101 e. The Balaban J connectivity index is 1.97. The van der Waals surface area contributed by atoms with Crippen molar-refractivity contribution in [1.82, 2.24) is 4.18 Å². The van der Waals surface area contributed by atoms with Gasteiger partial charge < -0.3 is 0 Å². The molecule has 16 heavy (non-hydrogen) atoms. The third kappa shape index (κ3) is 3.05. The van der Waals surface area contributed by atoms with E-state index in [9.17, 15) is 0 Å². The van der Waals surface area contributed by atoms with E-state index in [0.717, 1.165) is 6.42 Å². The van der Waals surface area contributed by atoms with Gasteiger partial charge in [0.15, 0.2) is 0 Å². The van der Waals surface area contributed by atoms with E-state index in [1.807, 2.05) is 6.21 Å². The van der Waals surface area contributed by atoms with E-state index in [4.69, 9.17) is 0 Å². The molecule has 1 aliphatic heterocycles. The molecule has 2 aliphatic rings. The van der Waals surface area contributed by atoms with Crippen LogP contribution in [0.2, 0.25) is 0 Å². The fraction of sp³-hybridized carbons (Fsp3) is 0.583. The smallest absolute Gasteiger partial charge is 0.101 e. The van der Waals surface area contributed by atoms with Crippen LogP contribution in [0.5, 0.6) is 0 Å². The van der Waals surface area contributed by atoms with Crippen LogP contribution in [-0.2, 0) is 10.3 Å². The van der Waals surface area contributed by atoms with Crippen LogP contribution < -0.4 is 0 Å². The third-order valence-corrected chi connectivity index (χ3v) is 5.77. The minimum absolute atomic E-state index is 0.313. The lowest BCUT2D eigenvalue weighted by Crippen LogP contribution is -2.11. The van der Waals surface area contributed by atoms with E-state index >= 15 is 0 Å². The fourth-order valence-electron chi connectivity index (χ4n) is 1.68. The van der Waals surface area contributed by atoms with Gasteiger partial charge >= 0.3 is 0 Å². The molecule has 0 spiro atoms. The Bertz CT molecular complexity index is 413. The Kier molecular flexibility index (Phi) is 3.37. The molecule has 0 N–H and O–H groups in total. The number of hydrogen-bond donors (Lipinski definition) is 0. The second-order valence-electron chi connectivity index (χ2n) is 5.21. The predicted molar refractivity (Wildman–Crippen MR) is 75.4 cm³/mol. The Morgan fingerprint density at radius 3 is 2.50 bits per heavy atom. The van der Waals surface area contributed by atoms with Crippen LogP contribution in [0.15, 0.2) is 28.4 Å². The number of rotatable bonds is 2. The highest BCUT2D eigenvalue weighted by atomic mass is 32.6. The van der Waals surface area contributed by atoms with Gasteiger partial charge in [-0.15, -0.1) is 0 Å². The first kappa shape index (κ1) is 12.1. The van der Waals surface area contributed by atoms with Crippen molar-refractivity contribution in [3.63, 3.8) is 0 Å². The van der Waals surface area contributed by atoms with Gasteiger partial charge in [0.05, 0.1) is 6.21 Å². The highest BCUT2D eigenvalue weighted by Gasteiger charge is 2.19. The number of nitrogens with zero attached hydrogens (tertiary/aromatic N) is 2. The van der Waals surface area contributed by atoms with Gasteiger partial charge in [0.2, 0.25) is 0 Å². The molecule has 1 atom stereocenters. The van der Waals surface area contributed by atoms with Crippen LogP contribution in [0.4, 0.5) is 0 Å². The molecule has 2 nitrogen and oxygen atoms in total. The lowest BCUT2D eigenvalue weighted by Gasteiger charge is -2.25. The molecule has 0 aromatic heterocycles. The number of hydrazone groups is 1. The van der Waals surface area contributed by atoms with E-state index in [-0.39, 0.29) is 0 Å². The normalized spacial score (nSPS) is 26.2. The predicted octanol–water partition coefficient (Wildman–Crippen LogP) is 3.92. The topological polar surface area (TPSA) is 15.4 Å². The zero-order chi connectivity index (χ0) is 11.8. The highest BCUT2D eigenvalue weighted by Crippen LogP contribution is 2.34. The van der Waals surface area contributed by atoms with E-state index in [1.54, 1.807) is 5.57 Å². The van der Waals surface area contributed by atoms with Gasteiger partial charge in [-0.1, -0.05) is 38.5 Å². The Morgan fingerprint density at radius 1 is 1.38 bits per heavy atom. The summed E-state index contributed by atoms with van der Waals surface area (Å²) in [6.07, 6.45) is 11.1. The summed E-state index contributed by atoms with van der Waals surface area (Å²) in [5, 5.41) is 4.44. The molecular weight excluding hydrogens is 235 g/mol. The lowest BCUT2D eigenvalue weighted by molar-refractivity contribution is 0.480. The quantitative estimate of drug-likeness (QED) is 0.538. The first-order chi connectivity index (χ1) is 7.47. The van der Waals surface area contributed by atoms with E-state index in [1.165, 1.54) is 19.5 Å². The Hall–Kier alpha value is -0.400. The van der Waals surface area contributed by atoms with Gasteiger partial charge in [-0.25, -0.2) is 0 Å². The van der Waals surface area contributed by atoms with E-state index in [2.05, 4.69) is 48.5 Å². The molecule has 0 aromatic carbocycles. The van der Waals surface area contributed by atoms with Crippen molar-refractivity contribution >= 4 is 24.0 Å². The minimum atomic E-state index is 0.313. The van der Waals surface area contributed by atoms with E-state index in [0.29, 0.717) is 15.7 Å². The van der Waals surface area contributed by atoms with Crippen LogP contribution in [0.1, 0.15) is 33.6 Å². The lowest BCUT2D eigenvalue weighted by atomic mass is 9.81. The van der Waals surface area contributed by atoms with Crippen LogP contribution in [0.25, 0.3) is 0 Å². The van der Waals surface area contributed by atoms with Crippen molar-refractivity contribution in [3.05, 3.63) is 23.3 Å². The molecule has 0 bridgehead atoms. The molecule has 0 amide bonds. The summed E-state index contributed by atoms with van der Waals surface area (Å²) in [6, 6.07) is 0. The molecule has 1 unspecified atom stereocenters. The zero-order valence-electron chi connectivity index (χ0n) is 10.4. The van der Waals surface area contributed by atoms with Crippen molar-refractivity contribution in [1.29, 1.82) is 0 Å². The standard InChI is InChI=1S/C12H19N2PS/c1-12(2,3)11-7-5-10(6-8-11)9-13-14-15-16(14)4/h5,7,9H,6,8H2,1-4H3. The van der Waals surface area contributed by atoms with Gasteiger partial charge in [0, 0.05) is 6.26 Å². The van der Waals surface area contributed by atoms with Crippen molar-refractivity contribution in [2.75, 3.05) is 6.26 Å². The summed E-state index contributed by atoms with van der Waals surface area (Å²) >= 11 is 0. The minimum Gasteiger partial charge on any atom is -0.183 e. The summed E-state index contributed by atoms with van der Waals surface area (Å²) < 4.78 is 2.11. The average molecular weight is 254 g/mol. The maximum absolute atomic E-state index is 4.44. The van der Waals surface area contributed by atoms with Gasteiger partial charge in [-0.2, -0.15) is 9.29 Å². The van der Waals surface area contributed by atoms with Crippen molar-refractivity contribution in [2.24, 2.45) is 10.5 Å². The number of hydrogen-bond acceptors (Lipinski definition) is 2. The first-order valence-corrected chi connectivity index (χ1v) is 8.63. The van der Waals surface area contributed by atoms with Gasteiger partial charge in [0.25, 0.3) is 0 Å². The van der Waals surface area contributed by atoms with Crippen molar-refractivity contribution in [3.8, 4) is 0 Å². The summed E-state index contributed by atoms with van der Waals surface area (Å²) in [5.41, 5.74) is 3.21. The van der Waals surface area contributed by atoms with Gasteiger partial charge in [0.1, 0.15) is 7.51 Å². The fourth-order valence-corrected chi connectivity index (χ4v) is 3.50. The zero-order valence-corrected chi connectivity index (χ0v) is 12.1. The summed E-state index contributed by atoms with van der Waals surface area (Å²) in [5.74, 6) is 0. The van der Waals surface area contributed by atoms with Crippen molar-refractivity contribution < 1.29 is 0 Å². The molecule has 0 aromatic rings. The Labute approximate surface area is 102 Å². The van der Waals surface area contributed by atoms with E-state index < -0.39 is 0 Å². The molecule has 0 saturated heterocycles. The summed E-state index contributed by atoms with van der Waals surface area (Å²) in [6.45, 7) is 6.84. The first-order valence-electron chi connectivity index (χ1n) is 5.59. The molecule has 1 aliphatic carbocycles. The molecule has 0 fully saturated rings. The maximum atomic E-state index is 4.44. The second-order valence-corrected chi connectivity index (χ2v) is 9.34. The third-order valence-electron chi connectivity index (χ3n) is 2.87. The molecule has 4 heteroatoms. The molecule has 0 saturated carbocycles. The molecule has 0 radical (unpaired) electrons. The van der Waals surface area contributed by atoms with Gasteiger partial charge in [-0.3, -0.25) is 0 Å². The summed E-state index contributed by atoms with van der Waals surface area (Å²) in [4.78, 5) is 0. The molecule has 88 valence electrons. The summed E-state index contributed by atoms with van der Waals surface area (Å²) in [7, 11) is 1.76. The largest absolute Gasteiger partial charge is 0.183 e. The van der Waals surface area contributed by atoms with Crippen LogP contribution in [0, 0.1) is 5.41 Å². The monoisotopic (exact) mass is 254 g/mol. The van der Waals surface area contributed by atoms with Crippen LogP contribution in [-0.4, -0.2) is 16.7 Å². The molecular formula is C12H19N2PS. The van der Waals surface area contributed by atoms with Crippen molar-refractivity contribution in [2.45, 2.75) is 33.6 Å². The Morgan fingerprint density at radius 2 is 2.06 bits per heavy atom. The SMILES string of the molecule is CS1=PN1N=CC1=CC=C(C(C)(C)C)CC1. The van der Waals surface area contributed by atoms with Crippen LogP contribution >= 0.6 is 7.51 Å². The highest BCUT2D eigenvalue weighted by molar-refractivity contribution is 8.31. The number of allylic oxidation sites excluding steroid dienone is 4. The molecule has 1 heterocycles. The van der Waals surface area contributed by atoms with Crippen LogP contribution in [0.3, 0.4) is 0 Å². The average Bonchev–Trinajstić information content (AvgIpc) is 2.91. The van der Waals surface area contributed by atoms with Gasteiger partial charge in [-0.05, 0) is 34.1 Å².